The number of carbonyl (C=O) groups is 4. The molecule has 2 amide bonds. The molecule has 0 radical (unpaired) electrons. The zero-order chi connectivity index (χ0) is 25.2. The first-order chi connectivity index (χ1) is 17.5. The number of aromatic nitrogens is 1. The zero-order valence-corrected chi connectivity index (χ0v) is 20.4. The number of hydrogen-bond donors (Lipinski definition) is 0. The van der Waals surface area contributed by atoms with Gasteiger partial charge in [0.2, 0.25) is 17.6 Å². The molecule has 0 unspecified atom stereocenters. The first-order valence-electron chi connectivity index (χ1n) is 12.7. The van der Waals surface area contributed by atoms with E-state index in [0.29, 0.717) is 12.1 Å². The molecule has 0 bridgehead atoms. The summed E-state index contributed by atoms with van der Waals surface area (Å²) in [4.78, 5) is 52.4. The molecule has 1 aromatic heterocycles. The van der Waals surface area contributed by atoms with E-state index in [1.54, 1.807) is 0 Å². The van der Waals surface area contributed by atoms with Gasteiger partial charge in [-0.3, -0.25) is 24.1 Å². The fourth-order valence-electron chi connectivity index (χ4n) is 5.76. The van der Waals surface area contributed by atoms with Crippen molar-refractivity contribution in [1.82, 2.24) is 9.47 Å². The van der Waals surface area contributed by atoms with Gasteiger partial charge in [0.25, 0.3) is 0 Å². The van der Waals surface area contributed by atoms with Crippen molar-refractivity contribution in [1.29, 1.82) is 0 Å². The fourth-order valence-corrected chi connectivity index (χ4v) is 5.76. The Labute approximate surface area is 210 Å². The summed E-state index contributed by atoms with van der Waals surface area (Å²) in [5.74, 6) is -1.71. The molecule has 2 atom stereocenters. The predicted molar refractivity (Wildman–Crippen MR) is 135 cm³/mol. The Morgan fingerprint density at radius 2 is 1.56 bits per heavy atom. The molecule has 1 saturated carbocycles. The van der Waals surface area contributed by atoms with Gasteiger partial charge in [-0.05, 0) is 31.4 Å². The smallest absolute Gasteiger partial charge is 0.308 e. The minimum atomic E-state index is -0.598. The number of likely N-dealkylation sites (tertiary alicyclic amines) is 1. The molecule has 5 rings (SSSR count). The Morgan fingerprint density at radius 1 is 0.917 bits per heavy atom. The highest BCUT2D eigenvalue weighted by atomic mass is 16.5. The maximum absolute atomic E-state index is 13.4. The number of ether oxygens (including phenoxy) is 1. The Morgan fingerprint density at radius 3 is 2.22 bits per heavy atom. The third kappa shape index (κ3) is 4.23. The number of carbonyl (C=O) groups excluding carboxylic acids is 4. The Bertz CT molecular complexity index is 1300. The van der Waals surface area contributed by atoms with Crippen molar-refractivity contribution in [3.05, 3.63) is 60.2 Å². The molecule has 2 fully saturated rings. The van der Waals surface area contributed by atoms with Gasteiger partial charge in [0.05, 0.1) is 29.5 Å². The SMILES string of the molecule is CCn1c(-c2ccccc2)c(C(=O)COC(=O)CCN2C(=O)[C@H]3CCCC[C@@H]3C2=O)c2ccccc21. The van der Waals surface area contributed by atoms with E-state index in [2.05, 4.69) is 4.57 Å². The highest BCUT2D eigenvalue weighted by molar-refractivity contribution is 6.14. The Kier molecular flexibility index (Phi) is 6.72. The van der Waals surface area contributed by atoms with Crippen molar-refractivity contribution in [2.24, 2.45) is 11.8 Å². The summed E-state index contributed by atoms with van der Waals surface area (Å²) in [5, 5.41) is 0.815. The van der Waals surface area contributed by atoms with E-state index in [1.165, 1.54) is 4.90 Å². The standard InChI is InChI=1S/C29H30N2O5/c1-2-30-23-15-9-8-14-22(23)26(27(30)19-10-4-3-5-11-19)24(32)18-36-25(33)16-17-31-28(34)20-12-6-7-13-21(20)29(31)35/h3-5,8-11,14-15,20-21H,2,6-7,12-13,16-18H2,1H3/t20-,21-/m0/s1. The summed E-state index contributed by atoms with van der Waals surface area (Å²) in [7, 11) is 0. The van der Waals surface area contributed by atoms with Gasteiger partial charge in [-0.25, -0.2) is 0 Å². The normalized spacial score (nSPS) is 19.5. The average molecular weight is 487 g/mol. The van der Waals surface area contributed by atoms with E-state index in [0.717, 1.165) is 47.8 Å². The molecule has 2 aromatic carbocycles. The van der Waals surface area contributed by atoms with Crippen LogP contribution in [0.15, 0.2) is 54.6 Å². The molecule has 0 N–H and O–H groups in total. The van der Waals surface area contributed by atoms with Crippen LogP contribution in [0.25, 0.3) is 22.2 Å². The highest BCUT2D eigenvalue weighted by Crippen LogP contribution is 2.38. The number of aryl methyl sites for hydroxylation is 1. The molecule has 1 aliphatic carbocycles. The first-order valence-corrected chi connectivity index (χ1v) is 12.7. The van der Waals surface area contributed by atoms with Gasteiger partial charge in [-0.15, -0.1) is 0 Å². The average Bonchev–Trinajstić information content (AvgIpc) is 3.38. The van der Waals surface area contributed by atoms with Crippen LogP contribution >= 0.6 is 0 Å². The van der Waals surface area contributed by atoms with Crippen molar-refractivity contribution >= 4 is 34.5 Å². The zero-order valence-electron chi connectivity index (χ0n) is 20.4. The topological polar surface area (TPSA) is 85.7 Å². The second-order valence-corrected chi connectivity index (χ2v) is 9.51. The van der Waals surface area contributed by atoms with E-state index in [1.807, 2.05) is 61.5 Å². The van der Waals surface area contributed by atoms with Crippen LogP contribution in [-0.4, -0.2) is 46.2 Å². The van der Waals surface area contributed by atoms with Crippen LogP contribution < -0.4 is 0 Å². The number of fused-ring (bicyclic) bond motifs is 2. The van der Waals surface area contributed by atoms with Crippen LogP contribution in [0.1, 0.15) is 49.4 Å². The minimum Gasteiger partial charge on any atom is -0.457 e. The number of Topliss-reactive ketones (excluding diaryl/α,β-unsaturated/α-hetero) is 1. The Hall–Kier alpha value is -3.74. The van der Waals surface area contributed by atoms with Gasteiger partial charge in [-0.1, -0.05) is 61.4 Å². The van der Waals surface area contributed by atoms with Gasteiger partial charge in [0.1, 0.15) is 0 Å². The van der Waals surface area contributed by atoms with E-state index < -0.39 is 12.6 Å². The largest absolute Gasteiger partial charge is 0.457 e. The van der Waals surface area contributed by atoms with Crippen LogP contribution in [0, 0.1) is 11.8 Å². The number of para-hydroxylation sites is 1. The third-order valence-corrected chi connectivity index (χ3v) is 7.45. The van der Waals surface area contributed by atoms with Crippen LogP contribution in [0.3, 0.4) is 0 Å². The van der Waals surface area contributed by atoms with E-state index in [4.69, 9.17) is 4.74 Å². The van der Waals surface area contributed by atoms with Crippen molar-refractivity contribution < 1.29 is 23.9 Å². The Balaban J connectivity index is 1.30. The first kappa shape index (κ1) is 24.0. The molecule has 1 saturated heterocycles. The molecule has 186 valence electrons. The van der Waals surface area contributed by atoms with Crippen molar-refractivity contribution in [3.8, 4) is 11.3 Å². The van der Waals surface area contributed by atoms with E-state index in [-0.39, 0.29) is 42.4 Å². The monoisotopic (exact) mass is 486 g/mol. The molecule has 7 heteroatoms. The maximum Gasteiger partial charge on any atom is 0.308 e. The molecule has 0 spiro atoms. The fraction of sp³-hybridized carbons (Fsp3) is 0.379. The number of imide groups is 1. The van der Waals surface area contributed by atoms with E-state index in [9.17, 15) is 19.2 Å². The molecule has 1 aliphatic heterocycles. The molecule has 36 heavy (non-hydrogen) atoms. The summed E-state index contributed by atoms with van der Waals surface area (Å²) < 4.78 is 7.44. The van der Waals surface area contributed by atoms with Crippen molar-refractivity contribution in [2.45, 2.75) is 45.6 Å². The molecular formula is C29H30N2O5. The van der Waals surface area contributed by atoms with Crippen LogP contribution in [0.5, 0.6) is 0 Å². The summed E-state index contributed by atoms with van der Waals surface area (Å²) in [6.07, 6.45) is 3.27. The van der Waals surface area contributed by atoms with Gasteiger partial charge in [0, 0.05) is 24.0 Å². The van der Waals surface area contributed by atoms with Crippen LogP contribution in [0.2, 0.25) is 0 Å². The number of benzene rings is 2. The molecular weight excluding hydrogens is 456 g/mol. The summed E-state index contributed by atoms with van der Waals surface area (Å²) >= 11 is 0. The lowest BCUT2D eigenvalue weighted by Gasteiger charge is -2.19. The van der Waals surface area contributed by atoms with Gasteiger partial charge >= 0.3 is 5.97 Å². The molecule has 2 aliphatic rings. The number of ketones is 1. The number of hydrogen-bond acceptors (Lipinski definition) is 5. The van der Waals surface area contributed by atoms with Crippen LogP contribution in [-0.2, 0) is 25.7 Å². The lowest BCUT2D eigenvalue weighted by Crippen LogP contribution is -2.33. The number of rotatable bonds is 8. The summed E-state index contributed by atoms with van der Waals surface area (Å²) in [6.45, 7) is 2.31. The molecule has 7 nitrogen and oxygen atoms in total. The number of esters is 1. The van der Waals surface area contributed by atoms with Gasteiger partial charge < -0.3 is 9.30 Å². The summed E-state index contributed by atoms with van der Waals surface area (Å²) in [5.41, 5.74) is 3.19. The third-order valence-electron chi connectivity index (χ3n) is 7.45. The minimum absolute atomic E-state index is 0.00208. The second-order valence-electron chi connectivity index (χ2n) is 9.51. The molecule has 3 aromatic rings. The lowest BCUT2D eigenvalue weighted by atomic mass is 9.81. The van der Waals surface area contributed by atoms with Gasteiger partial charge in [-0.2, -0.15) is 0 Å². The predicted octanol–water partition coefficient (Wildman–Crippen LogP) is 4.62. The number of amides is 2. The quantitative estimate of drug-likeness (QED) is 0.264. The van der Waals surface area contributed by atoms with Crippen molar-refractivity contribution in [3.63, 3.8) is 0 Å². The lowest BCUT2D eigenvalue weighted by molar-refractivity contribution is -0.145. The van der Waals surface area contributed by atoms with Gasteiger partial charge in [0.15, 0.2) is 6.61 Å². The van der Waals surface area contributed by atoms with Crippen LogP contribution in [0.4, 0.5) is 0 Å². The van der Waals surface area contributed by atoms with Crippen molar-refractivity contribution in [2.75, 3.05) is 13.2 Å². The highest BCUT2D eigenvalue weighted by Gasteiger charge is 2.47. The summed E-state index contributed by atoms with van der Waals surface area (Å²) in [6, 6.07) is 17.4. The maximum atomic E-state index is 13.4. The second kappa shape index (κ2) is 10.1. The van der Waals surface area contributed by atoms with E-state index >= 15 is 0 Å². The number of nitrogens with zero attached hydrogens (tertiary/aromatic N) is 2. The molecule has 2 heterocycles.